The molecule has 1 heterocycles. The lowest BCUT2D eigenvalue weighted by molar-refractivity contribution is 0.459. The van der Waals surface area contributed by atoms with E-state index in [0.29, 0.717) is 6.04 Å². The molecule has 0 saturated carbocycles. The molecule has 0 spiro atoms. The van der Waals surface area contributed by atoms with Gasteiger partial charge in [0.15, 0.2) is 0 Å². The third-order valence-corrected chi connectivity index (χ3v) is 4.33. The molecular weight excluding hydrogens is 258 g/mol. The first-order valence-electron chi connectivity index (χ1n) is 9.00. The van der Waals surface area contributed by atoms with E-state index in [1.54, 1.807) is 0 Å². The SMILES string of the molecule is CCCCCCCCCC(NC)c1cc(CC)nn1CC. The Hall–Kier alpha value is -0.830. The van der Waals surface area contributed by atoms with Crippen LogP contribution in [-0.2, 0) is 13.0 Å². The topological polar surface area (TPSA) is 29.9 Å². The number of nitrogens with zero attached hydrogens (tertiary/aromatic N) is 2. The molecule has 0 amide bonds. The molecule has 1 atom stereocenters. The summed E-state index contributed by atoms with van der Waals surface area (Å²) in [5.74, 6) is 0. The van der Waals surface area contributed by atoms with Crippen LogP contribution in [0, 0.1) is 0 Å². The van der Waals surface area contributed by atoms with Gasteiger partial charge in [-0.15, -0.1) is 0 Å². The lowest BCUT2D eigenvalue weighted by atomic mass is 10.0. The van der Waals surface area contributed by atoms with Crippen LogP contribution in [0.3, 0.4) is 0 Å². The Labute approximate surface area is 131 Å². The van der Waals surface area contributed by atoms with Gasteiger partial charge in [0.1, 0.15) is 0 Å². The number of hydrogen-bond acceptors (Lipinski definition) is 2. The Balaban J connectivity index is 2.39. The number of rotatable bonds is 12. The van der Waals surface area contributed by atoms with Crippen LogP contribution in [-0.4, -0.2) is 16.8 Å². The van der Waals surface area contributed by atoms with E-state index in [9.17, 15) is 0 Å². The Morgan fingerprint density at radius 2 is 1.71 bits per heavy atom. The molecule has 0 bridgehead atoms. The highest BCUT2D eigenvalue weighted by Gasteiger charge is 2.15. The molecule has 1 rings (SSSR count). The molecule has 0 saturated heterocycles. The van der Waals surface area contributed by atoms with Gasteiger partial charge in [-0.05, 0) is 32.9 Å². The first kappa shape index (κ1) is 18.2. The lowest BCUT2D eigenvalue weighted by Crippen LogP contribution is -2.20. The summed E-state index contributed by atoms with van der Waals surface area (Å²) in [5.41, 5.74) is 2.58. The minimum Gasteiger partial charge on any atom is -0.312 e. The van der Waals surface area contributed by atoms with Crippen molar-refractivity contribution in [2.45, 2.75) is 91.1 Å². The molecule has 3 nitrogen and oxygen atoms in total. The summed E-state index contributed by atoms with van der Waals surface area (Å²) in [5, 5.41) is 8.15. The van der Waals surface area contributed by atoms with Gasteiger partial charge < -0.3 is 5.32 Å². The molecule has 3 heteroatoms. The van der Waals surface area contributed by atoms with Crippen molar-refractivity contribution in [1.82, 2.24) is 15.1 Å². The van der Waals surface area contributed by atoms with E-state index < -0.39 is 0 Å². The molecule has 0 aliphatic rings. The van der Waals surface area contributed by atoms with E-state index in [4.69, 9.17) is 0 Å². The second-order valence-electron chi connectivity index (χ2n) is 5.98. The predicted molar refractivity (Wildman–Crippen MR) is 91.7 cm³/mol. The van der Waals surface area contributed by atoms with Crippen molar-refractivity contribution in [3.05, 3.63) is 17.5 Å². The van der Waals surface area contributed by atoms with E-state index in [1.165, 1.54) is 62.8 Å². The van der Waals surface area contributed by atoms with Crippen molar-refractivity contribution < 1.29 is 0 Å². The maximum Gasteiger partial charge on any atom is 0.0625 e. The summed E-state index contributed by atoms with van der Waals surface area (Å²) in [7, 11) is 2.07. The highest BCUT2D eigenvalue weighted by molar-refractivity contribution is 5.14. The Kier molecular flexibility index (Phi) is 9.40. The van der Waals surface area contributed by atoms with Crippen LogP contribution >= 0.6 is 0 Å². The molecular formula is C18H35N3. The van der Waals surface area contributed by atoms with Gasteiger partial charge in [-0.2, -0.15) is 5.10 Å². The van der Waals surface area contributed by atoms with Crippen LogP contribution in [0.25, 0.3) is 0 Å². The maximum absolute atomic E-state index is 4.67. The van der Waals surface area contributed by atoms with Crippen LogP contribution in [0.1, 0.15) is 89.6 Å². The van der Waals surface area contributed by atoms with Crippen molar-refractivity contribution in [2.75, 3.05) is 7.05 Å². The van der Waals surface area contributed by atoms with Crippen LogP contribution < -0.4 is 5.32 Å². The summed E-state index contributed by atoms with van der Waals surface area (Å²) in [6, 6.07) is 2.74. The van der Waals surface area contributed by atoms with Crippen LogP contribution in [0.5, 0.6) is 0 Å². The van der Waals surface area contributed by atoms with Crippen LogP contribution in [0.4, 0.5) is 0 Å². The minimum atomic E-state index is 0.452. The maximum atomic E-state index is 4.67. The molecule has 1 aromatic rings. The normalized spacial score (nSPS) is 12.8. The molecule has 0 radical (unpaired) electrons. The first-order valence-corrected chi connectivity index (χ1v) is 9.00. The zero-order chi connectivity index (χ0) is 15.5. The average Bonchev–Trinajstić information content (AvgIpc) is 2.93. The van der Waals surface area contributed by atoms with Gasteiger partial charge >= 0.3 is 0 Å². The Morgan fingerprint density at radius 3 is 2.29 bits per heavy atom. The summed E-state index contributed by atoms with van der Waals surface area (Å²) in [4.78, 5) is 0. The van der Waals surface area contributed by atoms with Crippen molar-refractivity contribution in [1.29, 1.82) is 0 Å². The van der Waals surface area contributed by atoms with E-state index in [0.717, 1.165) is 13.0 Å². The number of unbranched alkanes of at least 4 members (excludes halogenated alkanes) is 6. The fraction of sp³-hybridized carbons (Fsp3) is 0.833. The highest BCUT2D eigenvalue weighted by Crippen LogP contribution is 2.21. The second-order valence-corrected chi connectivity index (χ2v) is 5.98. The predicted octanol–water partition coefficient (Wildman–Crippen LogP) is 4.87. The van der Waals surface area contributed by atoms with Gasteiger partial charge in [-0.25, -0.2) is 0 Å². The molecule has 0 aliphatic heterocycles. The largest absolute Gasteiger partial charge is 0.312 e. The highest BCUT2D eigenvalue weighted by atomic mass is 15.3. The molecule has 122 valence electrons. The second kappa shape index (κ2) is 10.8. The molecule has 0 aromatic carbocycles. The van der Waals surface area contributed by atoms with Gasteiger partial charge in [-0.3, -0.25) is 4.68 Å². The first-order chi connectivity index (χ1) is 10.3. The third kappa shape index (κ3) is 6.21. The van der Waals surface area contributed by atoms with E-state index in [1.807, 2.05) is 0 Å². The molecule has 0 fully saturated rings. The van der Waals surface area contributed by atoms with Crippen LogP contribution in [0.2, 0.25) is 0 Å². The fourth-order valence-corrected chi connectivity index (χ4v) is 2.94. The van der Waals surface area contributed by atoms with E-state index in [-0.39, 0.29) is 0 Å². The molecule has 1 unspecified atom stereocenters. The summed E-state index contributed by atoms with van der Waals surface area (Å²) in [6.07, 6.45) is 11.9. The summed E-state index contributed by atoms with van der Waals surface area (Å²) >= 11 is 0. The smallest absolute Gasteiger partial charge is 0.0625 e. The van der Waals surface area contributed by atoms with E-state index in [2.05, 4.69) is 49.0 Å². The third-order valence-electron chi connectivity index (χ3n) is 4.33. The Morgan fingerprint density at radius 1 is 1.05 bits per heavy atom. The van der Waals surface area contributed by atoms with Gasteiger partial charge in [0, 0.05) is 12.6 Å². The van der Waals surface area contributed by atoms with Crippen molar-refractivity contribution in [2.24, 2.45) is 0 Å². The molecule has 1 N–H and O–H groups in total. The number of aryl methyl sites for hydroxylation is 2. The van der Waals surface area contributed by atoms with Gasteiger partial charge in [0.2, 0.25) is 0 Å². The lowest BCUT2D eigenvalue weighted by Gasteiger charge is -2.17. The molecule has 0 aliphatic carbocycles. The zero-order valence-electron chi connectivity index (χ0n) is 14.6. The average molecular weight is 293 g/mol. The number of aromatic nitrogens is 2. The van der Waals surface area contributed by atoms with Gasteiger partial charge in [0.25, 0.3) is 0 Å². The minimum absolute atomic E-state index is 0.452. The van der Waals surface area contributed by atoms with Crippen molar-refractivity contribution in [3.8, 4) is 0 Å². The summed E-state index contributed by atoms with van der Waals surface area (Å²) in [6.45, 7) is 7.59. The number of hydrogen-bond donors (Lipinski definition) is 1. The standard InChI is InChI=1S/C18H35N3/c1-5-8-9-10-11-12-13-14-17(19-4)18-15-16(6-2)20-21(18)7-3/h15,17,19H,5-14H2,1-4H3. The fourth-order valence-electron chi connectivity index (χ4n) is 2.94. The van der Waals surface area contributed by atoms with Crippen molar-refractivity contribution in [3.63, 3.8) is 0 Å². The monoisotopic (exact) mass is 293 g/mol. The van der Waals surface area contributed by atoms with Crippen molar-refractivity contribution >= 4 is 0 Å². The van der Waals surface area contributed by atoms with Gasteiger partial charge in [0.05, 0.1) is 11.4 Å². The van der Waals surface area contributed by atoms with Crippen LogP contribution in [0.15, 0.2) is 6.07 Å². The quantitative estimate of drug-likeness (QED) is 0.557. The molecule has 21 heavy (non-hydrogen) atoms. The Bertz CT molecular complexity index is 371. The number of nitrogens with one attached hydrogen (secondary N) is 1. The van der Waals surface area contributed by atoms with E-state index >= 15 is 0 Å². The van der Waals surface area contributed by atoms with Gasteiger partial charge in [-0.1, -0.05) is 58.8 Å². The molecule has 1 aromatic heterocycles. The zero-order valence-corrected chi connectivity index (χ0v) is 14.6. The summed E-state index contributed by atoms with van der Waals surface area (Å²) < 4.78 is 2.17.